The van der Waals surface area contributed by atoms with Gasteiger partial charge in [0, 0.05) is 0 Å². The fourth-order valence-corrected chi connectivity index (χ4v) is 3.21. The summed E-state index contributed by atoms with van der Waals surface area (Å²) in [6.07, 6.45) is 4.54. The second-order valence-corrected chi connectivity index (χ2v) is 3.84. The van der Waals surface area contributed by atoms with Gasteiger partial charge in [-0.05, 0) is 36.5 Å². The molecule has 0 saturated heterocycles. The fraction of sp³-hybridized carbons (Fsp3) is 1.00. The van der Waals surface area contributed by atoms with Gasteiger partial charge >= 0.3 is 0 Å². The number of rotatable bonds is 1. The van der Waals surface area contributed by atoms with Gasteiger partial charge in [-0.25, -0.2) is 0 Å². The van der Waals surface area contributed by atoms with Crippen LogP contribution in [-0.2, 0) is 0 Å². The van der Waals surface area contributed by atoms with Gasteiger partial charge in [0.1, 0.15) is 0 Å². The third-order valence-electron chi connectivity index (χ3n) is 3.76. The minimum absolute atomic E-state index is 1.09. The maximum atomic E-state index is 2.44. The highest BCUT2D eigenvalue weighted by Gasteiger charge is 2.51. The molecule has 2 unspecified atom stereocenters. The highest BCUT2D eigenvalue weighted by atomic mass is 14.6. The Hall–Kier alpha value is 0. The monoisotopic (exact) mass is 124 g/mol. The molecule has 3 saturated carbocycles. The van der Waals surface area contributed by atoms with E-state index in [0.717, 1.165) is 23.7 Å². The molecule has 0 spiro atoms. The Morgan fingerprint density at radius 2 is 1.78 bits per heavy atom. The molecule has 52 valence electrons. The van der Waals surface area contributed by atoms with E-state index in [0.29, 0.717) is 0 Å². The summed E-state index contributed by atoms with van der Waals surface area (Å²) in [6.45, 7) is 4.79. The van der Waals surface area contributed by atoms with Crippen molar-refractivity contribution in [3.63, 3.8) is 0 Å². The maximum Gasteiger partial charge on any atom is -0.0355 e. The third kappa shape index (κ3) is 0.544. The third-order valence-corrected chi connectivity index (χ3v) is 3.76. The summed E-state index contributed by atoms with van der Waals surface area (Å²) in [4.78, 5) is 0. The van der Waals surface area contributed by atoms with Crippen LogP contribution in [0.2, 0.25) is 0 Å². The molecule has 9 heavy (non-hydrogen) atoms. The molecule has 3 rings (SSSR count). The second-order valence-electron chi connectivity index (χ2n) is 3.84. The lowest BCUT2D eigenvalue weighted by Gasteiger charge is -2.42. The van der Waals surface area contributed by atoms with Crippen LogP contribution in [0.5, 0.6) is 0 Å². The van der Waals surface area contributed by atoms with Crippen molar-refractivity contribution in [3.05, 3.63) is 0 Å². The van der Waals surface area contributed by atoms with Gasteiger partial charge in [0.05, 0.1) is 0 Å². The van der Waals surface area contributed by atoms with Crippen LogP contribution in [0, 0.1) is 23.7 Å². The maximum absolute atomic E-state index is 2.44. The van der Waals surface area contributed by atoms with E-state index in [4.69, 9.17) is 0 Å². The summed E-state index contributed by atoms with van der Waals surface area (Å²) in [6, 6.07) is 0. The SMILES string of the molecule is CCC1C2CCC1C2C. The van der Waals surface area contributed by atoms with Gasteiger partial charge in [-0.2, -0.15) is 0 Å². The van der Waals surface area contributed by atoms with Crippen molar-refractivity contribution < 1.29 is 0 Å². The molecule has 3 fully saturated rings. The Labute approximate surface area is 57.6 Å². The first kappa shape index (κ1) is 5.76. The minimum Gasteiger partial charge on any atom is -0.0651 e. The molecule has 0 aromatic heterocycles. The summed E-state index contributed by atoms with van der Waals surface area (Å²) in [5.74, 6) is 4.51. The van der Waals surface area contributed by atoms with Crippen LogP contribution in [-0.4, -0.2) is 0 Å². The van der Waals surface area contributed by atoms with Crippen molar-refractivity contribution in [2.45, 2.75) is 33.1 Å². The van der Waals surface area contributed by atoms with Crippen LogP contribution in [0.25, 0.3) is 0 Å². The quantitative estimate of drug-likeness (QED) is 0.504. The lowest BCUT2D eigenvalue weighted by Crippen LogP contribution is -2.36. The Morgan fingerprint density at radius 3 is 2.00 bits per heavy atom. The standard InChI is InChI=1S/C9H16/c1-3-7-8-4-5-9(7)6(8)2/h6-9H,3-5H2,1-2H3. The average Bonchev–Trinajstić information content (AvgIpc) is 2.41. The predicted molar refractivity (Wildman–Crippen MR) is 39.2 cm³/mol. The number of fused-ring (bicyclic) bond motifs is 1. The van der Waals surface area contributed by atoms with Gasteiger partial charge in [0.25, 0.3) is 0 Å². The highest BCUT2D eigenvalue weighted by molar-refractivity contribution is 5.00. The van der Waals surface area contributed by atoms with Crippen LogP contribution in [0.1, 0.15) is 33.1 Å². The molecule has 0 aromatic rings. The van der Waals surface area contributed by atoms with Gasteiger partial charge in [-0.3, -0.25) is 0 Å². The van der Waals surface area contributed by atoms with Gasteiger partial charge in [0.2, 0.25) is 0 Å². The summed E-state index contributed by atoms with van der Waals surface area (Å²) in [5, 5.41) is 0. The van der Waals surface area contributed by atoms with Crippen LogP contribution in [0.3, 0.4) is 0 Å². The topological polar surface area (TPSA) is 0 Å². The average molecular weight is 124 g/mol. The van der Waals surface area contributed by atoms with Crippen molar-refractivity contribution in [2.24, 2.45) is 23.7 Å². The van der Waals surface area contributed by atoms with Gasteiger partial charge < -0.3 is 0 Å². The van der Waals surface area contributed by atoms with Crippen molar-refractivity contribution in [2.75, 3.05) is 0 Å². The highest BCUT2D eigenvalue weighted by Crippen LogP contribution is 2.58. The number of hydrogen-bond donors (Lipinski definition) is 0. The van der Waals surface area contributed by atoms with E-state index in [1.165, 1.54) is 6.42 Å². The zero-order valence-corrected chi connectivity index (χ0v) is 6.43. The predicted octanol–water partition coefficient (Wildman–Crippen LogP) is 2.69. The van der Waals surface area contributed by atoms with Crippen LogP contribution in [0.4, 0.5) is 0 Å². The Bertz CT molecular complexity index is 105. The van der Waals surface area contributed by atoms with E-state index in [2.05, 4.69) is 13.8 Å². The number of hydrogen-bond acceptors (Lipinski definition) is 0. The van der Waals surface area contributed by atoms with Crippen LogP contribution in [0.15, 0.2) is 0 Å². The molecular weight excluding hydrogens is 108 g/mol. The largest absolute Gasteiger partial charge is 0.0651 e. The first-order valence-corrected chi connectivity index (χ1v) is 4.34. The van der Waals surface area contributed by atoms with Gasteiger partial charge in [-0.1, -0.05) is 20.3 Å². The van der Waals surface area contributed by atoms with E-state index < -0.39 is 0 Å². The smallest absolute Gasteiger partial charge is 0.0355 e. The van der Waals surface area contributed by atoms with E-state index >= 15 is 0 Å². The van der Waals surface area contributed by atoms with Crippen molar-refractivity contribution in [1.29, 1.82) is 0 Å². The molecule has 0 N–H and O–H groups in total. The molecular formula is C9H16. The zero-order chi connectivity index (χ0) is 6.43. The van der Waals surface area contributed by atoms with E-state index in [1.54, 1.807) is 12.8 Å². The molecule has 2 bridgehead atoms. The normalized spacial score (nSPS) is 55.3. The second kappa shape index (κ2) is 1.74. The molecule has 0 radical (unpaired) electrons. The van der Waals surface area contributed by atoms with Crippen molar-refractivity contribution in [1.82, 2.24) is 0 Å². The molecule has 0 heterocycles. The van der Waals surface area contributed by atoms with E-state index in [-0.39, 0.29) is 0 Å². The molecule has 0 amide bonds. The summed E-state index contributed by atoms with van der Waals surface area (Å²) >= 11 is 0. The summed E-state index contributed by atoms with van der Waals surface area (Å²) in [7, 11) is 0. The first-order chi connectivity index (χ1) is 4.34. The summed E-state index contributed by atoms with van der Waals surface area (Å²) < 4.78 is 0. The molecule has 0 nitrogen and oxygen atoms in total. The molecule has 2 atom stereocenters. The lowest BCUT2D eigenvalue weighted by molar-refractivity contribution is 0.0618. The van der Waals surface area contributed by atoms with Gasteiger partial charge in [0.15, 0.2) is 0 Å². The Morgan fingerprint density at radius 1 is 1.22 bits per heavy atom. The van der Waals surface area contributed by atoms with Crippen molar-refractivity contribution in [3.8, 4) is 0 Å². The van der Waals surface area contributed by atoms with Crippen LogP contribution >= 0.6 is 0 Å². The van der Waals surface area contributed by atoms with E-state index in [9.17, 15) is 0 Å². The fourth-order valence-electron chi connectivity index (χ4n) is 3.21. The molecule has 0 aliphatic heterocycles. The van der Waals surface area contributed by atoms with E-state index in [1.807, 2.05) is 0 Å². The summed E-state index contributed by atoms with van der Waals surface area (Å²) in [5.41, 5.74) is 0. The lowest BCUT2D eigenvalue weighted by atomic mass is 9.63. The Balaban J connectivity index is 2.05. The van der Waals surface area contributed by atoms with Crippen molar-refractivity contribution >= 4 is 0 Å². The zero-order valence-electron chi connectivity index (χ0n) is 6.43. The molecule has 0 heteroatoms. The first-order valence-electron chi connectivity index (χ1n) is 4.34. The van der Waals surface area contributed by atoms with Gasteiger partial charge in [-0.15, -0.1) is 0 Å². The Kier molecular flexibility index (Phi) is 1.12. The molecule has 0 aromatic carbocycles. The minimum atomic E-state index is 1.09. The van der Waals surface area contributed by atoms with Crippen LogP contribution < -0.4 is 0 Å². The molecule has 3 aliphatic rings. The molecule has 3 aliphatic carbocycles.